The number of aryl methyl sites for hydroxylation is 1. The van der Waals surface area contributed by atoms with E-state index in [1.165, 1.54) is 6.07 Å². The van der Waals surface area contributed by atoms with Crippen molar-refractivity contribution in [1.82, 2.24) is 4.98 Å². The second-order valence-electron chi connectivity index (χ2n) is 5.09. The largest absolute Gasteiger partial charge is 0.396 e. The van der Waals surface area contributed by atoms with Crippen molar-refractivity contribution in [3.8, 4) is 0 Å². The third kappa shape index (κ3) is 3.20. The predicted octanol–water partition coefficient (Wildman–Crippen LogP) is 2.12. The minimum absolute atomic E-state index is 0.00384. The van der Waals surface area contributed by atoms with Gasteiger partial charge in [-0.2, -0.15) is 0 Å². The van der Waals surface area contributed by atoms with Crippen LogP contribution in [0.2, 0.25) is 0 Å². The maximum Gasteiger partial charge on any atom is 0.311 e. The molecule has 0 saturated heterocycles. The molecule has 6 heteroatoms. The van der Waals surface area contributed by atoms with Crippen LogP contribution in [0, 0.1) is 28.9 Å². The zero-order chi connectivity index (χ0) is 13.8. The zero-order valence-corrected chi connectivity index (χ0v) is 11.0. The first-order valence-corrected chi connectivity index (χ1v) is 6.58. The molecular formula is C13H19N3O3. The topological polar surface area (TPSA) is 88.3 Å². The van der Waals surface area contributed by atoms with Gasteiger partial charge in [0.15, 0.2) is 0 Å². The van der Waals surface area contributed by atoms with E-state index in [-0.39, 0.29) is 12.3 Å². The minimum atomic E-state index is -0.424. The molecule has 0 aromatic carbocycles. The average molecular weight is 265 g/mol. The van der Waals surface area contributed by atoms with Gasteiger partial charge in [-0.3, -0.25) is 10.1 Å². The summed E-state index contributed by atoms with van der Waals surface area (Å²) in [6.45, 7) is 2.62. The number of aliphatic hydroxyl groups excluding tert-OH is 1. The highest BCUT2D eigenvalue weighted by Gasteiger charge is 2.27. The summed E-state index contributed by atoms with van der Waals surface area (Å²) in [6.07, 6.45) is 3.20. The van der Waals surface area contributed by atoms with Crippen LogP contribution in [0.4, 0.5) is 11.5 Å². The molecule has 0 amide bonds. The molecule has 19 heavy (non-hydrogen) atoms. The van der Waals surface area contributed by atoms with Crippen LogP contribution < -0.4 is 5.32 Å². The highest BCUT2D eigenvalue weighted by atomic mass is 16.6. The summed E-state index contributed by atoms with van der Waals surface area (Å²) >= 11 is 0. The van der Waals surface area contributed by atoms with Gasteiger partial charge in [-0.15, -0.1) is 0 Å². The molecule has 1 aliphatic carbocycles. The van der Waals surface area contributed by atoms with Crippen molar-refractivity contribution in [2.45, 2.75) is 26.2 Å². The molecule has 0 bridgehead atoms. The van der Waals surface area contributed by atoms with Gasteiger partial charge in [0.1, 0.15) is 0 Å². The average Bonchev–Trinajstić information content (AvgIpc) is 2.83. The second-order valence-corrected chi connectivity index (χ2v) is 5.09. The molecule has 0 aliphatic heterocycles. The third-order valence-electron chi connectivity index (χ3n) is 3.79. The smallest absolute Gasteiger partial charge is 0.311 e. The Bertz CT molecular complexity index is 464. The van der Waals surface area contributed by atoms with Gasteiger partial charge >= 0.3 is 5.69 Å². The summed E-state index contributed by atoms with van der Waals surface area (Å²) in [4.78, 5) is 14.7. The Balaban J connectivity index is 2.06. The zero-order valence-electron chi connectivity index (χ0n) is 11.0. The van der Waals surface area contributed by atoms with Gasteiger partial charge in [0, 0.05) is 24.9 Å². The first-order valence-electron chi connectivity index (χ1n) is 6.58. The summed E-state index contributed by atoms with van der Waals surface area (Å²) in [7, 11) is 0. The molecule has 2 rings (SSSR count). The Hall–Kier alpha value is -1.69. The number of nitro groups is 1. The van der Waals surface area contributed by atoms with E-state index in [0.717, 1.165) is 25.0 Å². The molecule has 104 valence electrons. The van der Waals surface area contributed by atoms with E-state index in [0.29, 0.717) is 24.2 Å². The monoisotopic (exact) mass is 265 g/mol. The van der Waals surface area contributed by atoms with E-state index in [1.54, 1.807) is 13.0 Å². The quantitative estimate of drug-likeness (QED) is 0.629. The van der Waals surface area contributed by atoms with Crippen molar-refractivity contribution in [1.29, 1.82) is 0 Å². The van der Waals surface area contributed by atoms with Crippen LogP contribution in [-0.2, 0) is 0 Å². The number of hydrogen-bond donors (Lipinski definition) is 2. The lowest BCUT2D eigenvalue weighted by Gasteiger charge is -2.18. The summed E-state index contributed by atoms with van der Waals surface area (Å²) in [6, 6.07) is 3.11. The molecule has 1 aromatic heterocycles. The molecule has 2 unspecified atom stereocenters. The first kappa shape index (κ1) is 13.7. The van der Waals surface area contributed by atoms with Gasteiger partial charge in [0.05, 0.1) is 4.92 Å². The molecule has 1 aliphatic rings. The fraction of sp³-hybridized carbons (Fsp3) is 0.615. The van der Waals surface area contributed by atoms with Gasteiger partial charge in [0.2, 0.25) is 5.82 Å². The summed E-state index contributed by atoms with van der Waals surface area (Å²) in [5.41, 5.74) is 0.752. The summed E-state index contributed by atoms with van der Waals surface area (Å²) in [5, 5.41) is 23.3. The SMILES string of the molecule is Cc1ccc([N+](=O)[O-])c(NCC2CCCC2CO)n1. The number of rotatable bonds is 5. The number of pyridine rings is 1. The summed E-state index contributed by atoms with van der Waals surface area (Å²) in [5.74, 6) is 0.997. The van der Waals surface area contributed by atoms with E-state index in [9.17, 15) is 15.2 Å². The Labute approximate surface area is 112 Å². The van der Waals surface area contributed by atoms with Gasteiger partial charge in [-0.05, 0) is 37.7 Å². The molecule has 1 aromatic rings. The standard InChI is InChI=1S/C13H19N3O3/c1-9-5-6-12(16(18)19)13(15-9)14-7-10-3-2-4-11(10)8-17/h5-6,10-11,17H,2-4,7-8H2,1H3,(H,14,15). The number of hydrogen-bond acceptors (Lipinski definition) is 5. The Morgan fingerprint density at radius 2 is 2.21 bits per heavy atom. The van der Waals surface area contributed by atoms with E-state index in [4.69, 9.17) is 0 Å². The fourth-order valence-electron chi connectivity index (χ4n) is 2.68. The van der Waals surface area contributed by atoms with Crippen LogP contribution in [0.5, 0.6) is 0 Å². The minimum Gasteiger partial charge on any atom is -0.396 e. The number of aliphatic hydroxyl groups is 1. The maximum absolute atomic E-state index is 10.9. The molecular weight excluding hydrogens is 246 g/mol. The van der Waals surface area contributed by atoms with Gasteiger partial charge in [-0.25, -0.2) is 4.98 Å². The van der Waals surface area contributed by atoms with E-state index in [2.05, 4.69) is 10.3 Å². The molecule has 0 radical (unpaired) electrons. The number of aromatic nitrogens is 1. The highest BCUT2D eigenvalue weighted by molar-refractivity contribution is 5.56. The first-order chi connectivity index (χ1) is 9.11. The van der Waals surface area contributed by atoms with Crippen molar-refractivity contribution in [2.24, 2.45) is 11.8 Å². The van der Waals surface area contributed by atoms with Crippen molar-refractivity contribution in [3.63, 3.8) is 0 Å². The lowest BCUT2D eigenvalue weighted by Crippen LogP contribution is -2.21. The molecule has 2 N–H and O–H groups in total. The number of nitrogens with zero attached hydrogens (tertiary/aromatic N) is 2. The van der Waals surface area contributed by atoms with Crippen LogP contribution in [0.15, 0.2) is 12.1 Å². The van der Waals surface area contributed by atoms with E-state index >= 15 is 0 Å². The normalized spacial score (nSPS) is 22.4. The Morgan fingerprint density at radius 3 is 2.89 bits per heavy atom. The molecule has 6 nitrogen and oxygen atoms in total. The lowest BCUT2D eigenvalue weighted by atomic mass is 9.97. The fourth-order valence-corrected chi connectivity index (χ4v) is 2.68. The maximum atomic E-state index is 10.9. The third-order valence-corrected chi connectivity index (χ3v) is 3.79. The Kier molecular flexibility index (Phi) is 4.31. The van der Waals surface area contributed by atoms with Crippen LogP contribution in [0.3, 0.4) is 0 Å². The van der Waals surface area contributed by atoms with Crippen molar-refractivity contribution in [3.05, 3.63) is 27.9 Å². The van der Waals surface area contributed by atoms with Crippen LogP contribution in [-0.4, -0.2) is 28.2 Å². The van der Waals surface area contributed by atoms with Crippen LogP contribution in [0.1, 0.15) is 25.0 Å². The van der Waals surface area contributed by atoms with E-state index < -0.39 is 4.92 Å². The van der Waals surface area contributed by atoms with E-state index in [1.807, 2.05) is 0 Å². The highest BCUT2D eigenvalue weighted by Crippen LogP contribution is 2.32. The summed E-state index contributed by atoms with van der Waals surface area (Å²) < 4.78 is 0. The Morgan fingerprint density at radius 1 is 1.47 bits per heavy atom. The van der Waals surface area contributed by atoms with Crippen LogP contribution >= 0.6 is 0 Å². The van der Waals surface area contributed by atoms with Gasteiger partial charge < -0.3 is 10.4 Å². The molecule has 2 atom stereocenters. The van der Waals surface area contributed by atoms with Crippen LogP contribution in [0.25, 0.3) is 0 Å². The van der Waals surface area contributed by atoms with Gasteiger partial charge in [-0.1, -0.05) is 6.42 Å². The van der Waals surface area contributed by atoms with Crippen molar-refractivity contribution >= 4 is 11.5 Å². The predicted molar refractivity (Wildman–Crippen MR) is 72.0 cm³/mol. The van der Waals surface area contributed by atoms with Gasteiger partial charge in [0.25, 0.3) is 0 Å². The second kappa shape index (κ2) is 5.97. The van der Waals surface area contributed by atoms with Crippen molar-refractivity contribution in [2.75, 3.05) is 18.5 Å². The molecule has 1 heterocycles. The number of anilines is 1. The molecule has 0 spiro atoms. The van der Waals surface area contributed by atoms with Crippen molar-refractivity contribution < 1.29 is 10.0 Å². The molecule has 1 saturated carbocycles. The lowest BCUT2D eigenvalue weighted by molar-refractivity contribution is -0.384. The molecule has 1 fully saturated rings. The number of nitrogens with one attached hydrogen (secondary N) is 1.